The average Bonchev–Trinajstić information content (AvgIpc) is 2.67. The number of esters is 1. The van der Waals surface area contributed by atoms with E-state index in [2.05, 4.69) is 6.92 Å². The summed E-state index contributed by atoms with van der Waals surface area (Å²) in [5, 5.41) is 0. The molecule has 0 unspecified atom stereocenters. The smallest absolute Gasteiger partial charge is 0.311 e. The molecule has 0 N–H and O–H groups in total. The van der Waals surface area contributed by atoms with Crippen molar-refractivity contribution in [2.75, 3.05) is 14.2 Å². The maximum Gasteiger partial charge on any atom is 0.311 e. The summed E-state index contributed by atoms with van der Waals surface area (Å²) >= 11 is 0. The van der Waals surface area contributed by atoms with E-state index in [0.717, 1.165) is 19.3 Å². The zero-order valence-corrected chi connectivity index (χ0v) is 11.5. The number of hydrogen-bond acceptors (Lipinski definition) is 4. The minimum absolute atomic E-state index is 0.193. The highest BCUT2D eigenvalue weighted by molar-refractivity contribution is 5.73. The van der Waals surface area contributed by atoms with Gasteiger partial charge >= 0.3 is 5.97 Å². The molecule has 1 heterocycles. The van der Waals surface area contributed by atoms with E-state index in [-0.39, 0.29) is 18.2 Å². The van der Waals surface area contributed by atoms with Gasteiger partial charge in [0.05, 0.1) is 18.6 Å². The summed E-state index contributed by atoms with van der Waals surface area (Å²) in [6.45, 7) is 6.09. The SMILES string of the molecule is CC[C@@H]1C[C@@](C)([C@@H](CC)C(=O)OC)O[C@@H]1OC. The van der Waals surface area contributed by atoms with Crippen LogP contribution in [0.5, 0.6) is 0 Å². The van der Waals surface area contributed by atoms with E-state index in [1.807, 2.05) is 13.8 Å². The van der Waals surface area contributed by atoms with Crippen LogP contribution in [0.4, 0.5) is 0 Å². The van der Waals surface area contributed by atoms with E-state index in [1.165, 1.54) is 7.11 Å². The lowest BCUT2D eigenvalue weighted by Gasteiger charge is -2.31. The molecule has 17 heavy (non-hydrogen) atoms. The molecule has 0 aromatic rings. The Morgan fingerprint density at radius 2 is 2.12 bits per heavy atom. The lowest BCUT2D eigenvalue weighted by molar-refractivity contribution is -0.187. The van der Waals surface area contributed by atoms with Crippen LogP contribution in [0.3, 0.4) is 0 Å². The summed E-state index contributed by atoms with van der Waals surface area (Å²) in [5.74, 6) is -0.0630. The molecule has 100 valence electrons. The number of hydrogen-bond donors (Lipinski definition) is 0. The molecule has 1 rings (SSSR count). The second-order valence-corrected chi connectivity index (χ2v) is 4.89. The van der Waals surface area contributed by atoms with Crippen LogP contribution in [-0.4, -0.2) is 32.1 Å². The van der Waals surface area contributed by atoms with E-state index < -0.39 is 5.60 Å². The second-order valence-electron chi connectivity index (χ2n) is 4.89. The lowest BCUT2D eigenvalue weighted by Crippen LogP contribution is -2.40. The van der Waals surface area contributed by atoms with Crippen molar-refractivity contribution >= 4 is 5.97 Å². The van der Waals surface area contributed by atoms with Crippen LogP contribution < -0.4 is 0 Å². The van der Waals surface area contributed by atoms with Crippen LogP contribution >= 0.6 is 0 Å². The molecule has 1 aliphatic rings. The van der Waals surface area contributed by atoms with Crippen molar-refractivity contribution < 1.29 is 19.0 Å². The van der Waals surface area contributed by atoms with Gasteiger partial charge in [-0.15, -0.1) is 0 Å². The molecule has 4 atom stereocenters. The molecule has 1 fully saturated rings. The Morgan fingerprint density at radius 1 is 1.47 bits per heavy atom. The van der Waals surface area contributed by atoms with Gasteiger partial charge in [-0.05, 0) is 26.2 Å². The zero-order valence-electron chi connectivity index (χ0n) is 11.5. The third-order valence-electron chi connectivity index (χ3n) is 3.83. The quantitative estimate of drug-likeness (QED) is 0.696. The van der Waals surface area contributed by atoms with Gasteiger partial charge in [0.1, 0.15) is 0 Å². The monoisotopic (exact) mass is 244 g/mol. The number of carbonyl (C=O) groups is 1. The van der Waals surface area contributed by atoms with E-state index in [9.17, 15) is 4.79 Å². The van der Waals surface area contributed by atoms with Crippen LogP contribution in [-0.2, 0) is 19.0 Å². The summed E-state index contributed by atoms with van der Waals surface area (Å²) in [5.41, 5.74) is -0.469. The fraction of sp³-hybridized carbons (Fsp3) is 0.923. The van der Waals surface area contributed by atoms with Crippen LogP contribution in [0.1, 0.15) is 40.0 Å². The van der Waals surface area contributed by atoms with Gasteiger partial charge in [-0.3, -0.25) is 4.79 Å². The molecule has 0 radical (unpaired) electrons. The maximum absolute atomic E-state index is 11.8. The van der Waals surface area contributed by atoms with Gasteiger partial charge < -0.3 is 14.2 Å². The van der Waals surface area contributed by atoms with E-state index in [0.29, 0.717) is 5.92 Å². The Hall–Kier alpha value is -0.610. The largest absolute Gasteiger partial charge is 0.469 e. The Morgan fingerprint density at radius 3 is 2.47 bits per heavy atom. The van der Waals surface area contributed by atoms with E-state index in [4.69, 9.17) is 14.2 Å². The van der Waals surface area contributed by atoms with Gasteiger partial charge in [0, 0.05) is 13.0 Å². The predicted octanol–water partition coefficient (Wildman–Crippen LogP) is 2.36. The van der Waals surface area contributed by atoms with Gasteiger partial charge in [-0.25, -0.2) is 0 Å². The molecule has 0 bridgehead atoms. The number of carbonyl (C=O) groups excluding carboxylic acids is 1. The molecule has 0 aliphatic carbocycles. The van der Waals surface area contributed by atoms with Crippen molar-refractivity contribution in [2.24, 2.45) is 11.8 Å². The highest BCUT2D eigenvalue weighted by Crippen LogP contribution is 2.43. The molecule has 0 aromatic carbocycles. The van der Waals surface area contributed by atoms with Crippen LogP contribution in [0.25, 0.3) is 0 Å². The van der Waals surface area contributed by atoms with Crippen molar-refractivity contribution in [3.8, 4) is 0 Å². The Kier molecular flexibility index (Phi) is 4.95. The normalized spacial score (nSPS) is 34.6. The van der Waals surface area contributed by atoms with Crippen LogP contribution in [0.2, 0.25) is 0 Å². The summed E-state index contributed by atoms with van der Waals surface area (Å²) in [6, 6.07) is 0. The predicted molar refractivity (Wildman–Crippen MR) is 64.5 cm³/mol. The summed E-state index contributed by atoms with van der Waals surface area (Å²) in [4.78, 5) is 11.8. The van der Waals surface area contributed by atoms with Crippen molar-refractivity contribution in [1.29, 1.82) is 0 Å². The Balaban J connectivity index is 2.84. The van der Waals surface area contributed by atoms with Gasteiger partial charge in [-0.1, -0.05) is 13.8 Å². The fourth-order valence-corrected chi connectivity index (χ4v) is 2.82. The van der Waals surface area contributed by atoms with E-state index >= 15 is 0 Å². The zero-order chi connectivity index (χ0) is 13.1. The molecule has 4 nitrogen and oxygen atoms in total. The molecule has 1 aliphatic heterocycles. The summed E-state index contributed by atoms with van der Waals surface area (Å²) < 4.78 is 16.2. The van der Waals surface area contributed by atoms with Crippen molar-refractivity contribution in [2.45, 2.75) is 51.9 Å². The number of methoxy groups -OCH3 is 2. The first kappa shape index (κ1) is 14.5. The number of rotatable bonds is 5. The van der Waals surface area contributed by atoms with Gasteiger partial charge in [0.25, 0.3) is 0 Å². The first-order valence-electron chi connectivity index (χ1n) is 6.30. The topological polar surface area (TPSA) is 44.8 Å². The number of ether oxygens (including phenoxy) is 3. The van der Waals surface area contributed by atoms with Gasteiger partial charge in [-0.2, -0.15) is 0 Å². The van der Waals surface area contributed by atoms with E-state index in [1.54, 1.807) is 7.11 Å². The highest BCUT2D eigenvalue weighted by atomic mass is 16.7. The summed E-state index contributed by atoms with van der Waals surface area (Å²) in [6.07, 6.45) is 2.35. The highest BCUT2D eigenvalue weighted by Gasteiger charge is 2.49. The molecular weight excluding hydrogens is 220 g/mol. The third-order valence-corrected chi connectivity index (χ3v) is 3.83. The van der Waals surface area contributed by atoms with Gasteiger partial charge in [0.15, 0.2) is 6.29 Å². The molecule has 1 saturated heterocycles. The Bertz CT molecular complexity index is 252. The Labute approximate surface area is 104 Å². The van der Waals surface area contributed by atoms with Gasteiger partial charge in [0.2, 0.25) is 0 Å². The van der Waals surface area contributed by atoms with Crippen molar-refractivity contribution in [3.05, 3.63) is 0 Å². The first-order valence-corrected chi connectivity index (χ1v) is 6.30. The third kappa shape index (κ3) is 2.80. The lowest BCUT2D eigenvalue weighted by atomic mass is 9.81. The average molecular weight is 244 g/mol. The standard InChI is InChI=1S/C13H24O4/c1-6-9-8-13(3,17-12(9)16-5)10(7-2)11(14)15-4/h9-10,12H,6-8H2,1-5H3/t9-,10+,12+,13+/m1/s1. The molecule has 4 heteroatoms. The van der Waals surface area contributed by atoms with Crippen LogP contribution in [0, 0.1) is 11.8 Å². The minimum Gasteiger partial charge on any atom is -0.469 e. The molecule has 0 spiro atoms. The molecule has 0 amide bonds. The van der Waals surface area contributed by atoms with Crippen molar-refractivity contribution in [1.82, 2.24) is 0 Å². The molecule has 0 saturated carbocycles. The first-order chi connectivity index (χ1) is 8.02. The fourth-order valence-electron chi connectivity index (χ4n) is 2.82. The van der Waals surface area contributed by atoms with Crippen molar-refractivity contribution in [3.63, 3.8) is 0 Å². The molecular formula is C13H24O4. The van der Waals surface area contributed by atoms with Crippen LogP contribution in [0.15, 0.2) is 0 Å². The summed E-state index contributed by atoms with van der Waals surface area (Å²) in [7, 11) is 3.08. The molecule has 0 aromatic heterocycles. The second kappa shape index (κ2) is 5.83. The maximum atomic E-state index is 11.8. The minimum atomic E-state index is -0.469.